The number of carbonyl (C=O) groups excluding carboxylic acids is 1. The molecule has 0 aliphatic carbocycles. The predicted octanol–water partition coefficient (Wildman–Crippen LogP) is 4.45. The van der Waals surface area contributed by atoms with Gasteiger partial charge in [-0.15, -0.1) is 23.1 Å². The highest BCUT2D eigenvalue weighted by Gasteiger charge is 2.23. The largest absolute Gasteiger partial charge is 0.379 e. The Bertz CT molecular complexity index is 912. The predicted molar refractivity (Wildman–Crippen MR) is 118 cm³/mol. The maximum Gasteiger partial charge on any atom is 0.244 e. The summed E-state index contributed by atoms with van der Waals surface area (Å²) in [5, 5.41) is 5.35. The lowest BCUT2D eigenvalue weighted by molar-refractivity contribution is -0.115. The Balaban J connectivity index is 1.45. The summed E-state index contributed by atoms with van der Waals surface area (Å²) < 4.78 is 5.39. The van der Waals surface area contributed by atoms with E-state index in [9.17, 15) is 4.79 Å². The van der Waals surface area contributed by atoms with E-state index in [4.69, 9.17) is 4.74 Å². The number of anilines is 1. The van der Waals surface area contributed by atoms with Crippen LogP contribution >= 0.6 is 23.1 Å². The van der Waals surface area contributed by atoms with Gasteiger partial charge in [0.25, 0.3) is 0 Å². The second-order valence-electron chi connectivity index (χ2n) is 6.74. The third kappa shape index (κ3) is 5.67. The first-order chi connectivity index (χ1) is 14.3. The number of aromatic nitrogens is 1. The second-order valence-corrected chi connectivity index (χ2v) is 8.78. The molecular weight excluding hydrogens is 402 g/mol. The molecule has 29 heavy (non-hydrogen) atoms. The van der Waals surface area contributed by atoms with Gasteiger partial charge in [0, 0.05) is 29.9 Å². The quantitative estimate of drug-likeness (QED) is 0.567. The van der Waals surface area contributed by atoms with Gasteiger partial charge in [-0.1, -0.05) is 48.5 Å². The molecule has 1 saturated heterocycles. The Morgan fingerprint density at radius 1 is 1.10 bits per heavy atom. The van der Waals surface area contributed by atoms with Crippen molar-refractivity contribution in [3.05, 3.63) is 77.3 Å². The number of morpholine rings is 1. The molecule has 1 unspecified atom stereocenters. The molecule has 2 aromatic carbocycles. The van der Waals surface area contributed by atoms with Crippen molar-refractivity contribution in [2.75, 3.05) is 31.6 Å². The van der Waals surface area contributed by atoms with Gasteiger partial charge in [0.1, 0.15) is 5.25 Å². The number of thiazole rings is 1. The van der Waals surface area contributed by atoms with Gasteiger partial charge in [0.15, 0.2) is 5.13 Å². The van der Waals surface area contributed by atoms with Crippen molar-refractivity contribution >= 4 is 34.1 Å². The summed E-state index contributed by atoms with van der Waals surface area (Å²) in [5.41, 5.74) is 1.96. The minimum absolute atomic E-state index is 0.0580. The zero-order valence-electron chi connectivity index (χ0n) is 16.0. The molecule has 0 spiro atoms. The van der Waals surface area contributed by atoms with Crippen LogP contribution in [0.25, 0.3) is 0 Å². The van der Waals surface area contributed by atoms with Crippen molar-refractivity contribution in [2.24, 2.45) is 0 Å². The van der Waals surface area contributed by atoms with Gasteiger partial charge >= 0.3 is 0 Å². The van der Waals surface area contributed by atoms with Crippen LogP contribution in [0.2, 0.25) is 0 Å². The fourth-order valence-electron chi connectivity index (χ4n) is 3.13. The van der Waals surface area contributed by atoms with E-state index in [2.05, 4.69) is 15.2 Å². The van der Waals surface area contributed by atoms with Crippen LogP contribution in [-0.4, -0.2) is 42.1 Å². The third-order valence-electron chi connectivity index (χ3n) is 4.61. The van der Waals surface area contributed by atoms with E-state index in [1.807, 2.05) is 66.0 Å². The molecule has 5 nitrogen and oxygen atoms in total. The molecule has 1 aliphatic rings. The van der Waals surface area contributed by atoms with Gasteiger partial charge in [-0.2, -0.15) is 0 Å². The van der Waals surface area contributed by atoms with Crippen LogP contribution in [-0.2, 0) is 16.1 Å². The second kappa shape index (κ2) is 10.0. The molecule has 1 aliphatic heterocycles. The maximum absolute atomic E-state index is 13.1. The number of nitrogens with zero attached hydrogens (tertiary/aromatic N) is 2. The van der Waals surface area contributed by atoms with Crippen molar-refractivity contribution in [3.63, 3.8) is 0 Å². The number of hydrogen-bond donors (Lipinski definition) is 1. The fourth-order valence-corrected chi connectivity index (χ4v) is 4.88. The number of nitrogens with one attached hydrogen (secondary N) is 1. The molecule has 1 atom stereocenters. The van der Waals surface area contributed by atoms with Gasteiger partial charge in [-0.05, 0) is 17.7 Å². The number of hydrogen-bond acceptors (Lipinski definition) is 6. The monoisotopic (exact) mass is 425 g/mol. The highest BCUT2D eigenvalue weighted by atomic mass is 32.2. The molecule has 150 valence electrons. The maximum atomic E-state index is 13.1. The molecule has 4 rings (SSSR count). The lowest BCUT2D eigenvalue weighted by atomic mass is 10.1. The smallest absolute Gasteiger partial charge is 0.244 e. The van der Waals surface area contributed by atoms with E-state index in [1.165, 1.54) is 11.3 Å². The Morgan fingerprint density at radius 3 is 2.52 bits per heavy atom. The lowest BCUT2D eigenvalue weighted by Gasteiger charge is -2.25. The highest BCUT2D eigenvalue weighted by molar-refractivity contribution is 8.00. The summed E-state index contributed by atoms with van der Waals surface area (Å²) in [6.07, 6.45) is 0. The number of thioether (sulfide) groups is 1. The molecule has 1 amide bonds. The van der Waals surface area contributed by atoms with E-state index < -0.39 is 0 Å². The Hall–Kier alpha value is -2.19. The molecule has 3 aromatic rings. The first-order valence-corrected chi connectivity index (χ1v) is 11.4. The van der Waals surface area contributed by atoms with E-state index in [0.29, 0.717) is 5.13 Å². The van der Waals surface area contributed by atoms with Gasteiger partial charge in [-0.3, -0.25) is 9.69 Å². The van der Waals surface area contributed by atoms with E-state index in [1.54, 1.807) is 11.8 Å². The number of ether oxygens (including phenoxy) is 1. The summed E-state index contributed by atoms with van der Waals surface area (Å²) in [6, 6.07) is 19.9. The molecule has 1 fully saturated rings. The molecule has 1 N–H and O–H groups in total. The first kappa shape index (κ1) is 20.1. The first-order valence-electron chi connectivity index (χ1n) is 9.60. The van der Waals surface area contributed by atoms with Crippen molar-refractivity contribution < 1.29 is 9.53 Å². The SMILES string of the molecule is O=C(Nc1nc(CN2CCOCC2)cs1)C(Sc1ccccc1)c1ccccc1. The Labute approximate surface area is 179 Å². The minimum atomic E-state index is -0.342. The molecule has 0 radical (unpaired) electrons. The van der Waals surface area contributed by atoms with Gasteiger partial charge < -0.3 is 10.1 Å². The van der Waals surface area contributed by atoms with Crippen molar-refractivity contribution in [1.82, 2.24) is 9.88 Å². The summed E-state index contributed by atoms with van der Waals surface area (Å²) >= 11 is 3.02. The Morgan fingerprint density at radius 2 is 1.79 bits per heavy atom. The lowest BCUT2D eigenvalue weighted by Crippen LogP contribution is -2.35. The van der Waals surface area contributed by atoms with Gasteiger partial charge in [-0.25, -0.2) is 4.98 Å². The normalized spacial score (nSPS) is 15.7. The number of rotatable bonds is 7. The summed E-state index contributed by atoms with van der Waals surface area (Å²) in [5.74, 6) is -0.0580. The standard InChI is InChI=1S/C22H23N3O2S2/c26-21(24-22-23-18(16-28-22)15-25-11-13-27-14-12-25)20(17-7-3-1-4-8-17)29-19-9-5-2-6-10-19/h1-10,16,20H,11-15H2,(H,23,24,26). The number of amides is 1. The van der Waals surface area contributed by atoms with E-state index >= 15 is 0 Å². The number of benzene rings is 2. The highest BCUT2D eigenvalue weighted by Crippen LogP contribution is 2.36. The van der Waals surface area contributed by atoms with Crippen LogP contribution in [0.1, 0.15) is 16.5 Å². The Kier molecular flexibility index (Phi) is 6.95. The zero-order valence-corrected chi connectivity index (χ0v) is 17.6. The molecular formula is C22H23N3O2S2. The van der Waals surface area contributed by atoms with Crippen molar-refractivity contribution in [1.29, 1.82) is 0 Å². The van der Waals surface area contributed by atoms with Crippen molar-refractivity contribution in [2.45, 2.75) is 16.7 Å². The van der Waals surface area contributed by atoms with Crippen LogP contribution in [0.4, 0.5) is 5.13 Å². The van der Waals surface area contributed by atoms with Crippen LogP contribution in [0.5, 0.6) is 0 Å². The van der Waals surface area contributed by atoms with Crippen LogP contribution < -0.4 is 5.32 Å². The summed E-state index contributed by atoms with van der Waals surface area (Å²) in [4.78, 5) is 21.1. The summed E-state index contributed by atoms with van der Waals surface area (Å²) in [6.45, 7) is 4.16. The van der Waals surface area contributed by atoms with Crippen LogP contribution in [0.3, 0.4) is 0 Å². The van der Waals surface area contributed by atoms with Gasteiger partial charge in [0.2, 0.25) is 5.91 Å². The van der Waals surface area contributed by atoms with E-state index in [0.717, 1.165) is 49.0 Å². The molecule has 2 heterocycles. The van der Waals surface area contributed by atoms with Crippen LogP contribution in [0.15, 0.2) is 70.9 Å². The molecule has 1 aromatic heterocycles. The minimum Gasteiger partial charge on any atom is -0.379 e. The zero-order chi connectivity index (χ0) is 19.9. The van der Waals surface area contributed by atoms with E-state index in [-0.39, 0.29) is 11.2 Å². The third-order valence-corrected chi connectivity index (χ3v) is 6.68. The average Bonchev–Trinajstić information content (AvgIpc) is 3.20. The van der Waals surface area contributed by atoms with Gasteiger partial charge in [0.05, 0.1) is 18.9 Å². The topological polar surface area (TPSA) is 54.5 Å². The fraction of sp³-hybridized carbons (Fsp3) is 0.273. The number of carbonyl (C=O) groups is 1. The average molecular weight is 426 g/mol. The molecule has 0 bridgehead atoms. The molecule has 7 heteroatoms. The summed E-state index contributed by atoms with van der Waals surface area (Å²) in [7, 11) is 0. The van der Waals surface area contributed by atoms with Crippen LogP contribution in [0, 0.1) is 0 Å². The molecule has 0 saturated carbocycles. The van der Waals surface area contributed by atoms with Crippen molar-refractivity contribution in [3.8, 4) is 0 Å².